The molecule has 0 aliphatic rings. The summed E-state index contributed by atoms with van der Waals surface area (Å²) in [6, 6.07) is 2.92. The van der Waals surface area contributed by atoms with Gasteiger partial charge in [-0.1, -0.05) is 11.6 Å². The van der Waals surface area contributed by atoms with E-state index in [2.05, 4.69) is 0 Å². The van der Waals surface area contributed by atoms with Crippen molar-refractivity contribution < 1.29 is 10.2 Å². The zero-order valence-corrected chi connectivity index (χ0v) is 8.75. The third kappa shape index (κ3) is 2.38. The van der Waals surface area contributed by atoms with E-state index in [9.17, 15) is 5.11 Å². The van der Waals surface area contributed by atoms with Crippen molar-refractivity contribution in [2.45, 2.75) is 19.4 Å². The van der Waals surface area contributed by atoms with Crippen LogP contribution in [-0.2, 0) is 0 Å². The predicted octanol–water partition coefficient (Wildman–Crippen LogP) is 1.74. The Morgan fingerprint density at radius 1 is 1.50 bits per heavy atom. The van der Waals surface area contributed by atoms with Crippen LogP contribution in [0.2, 0.25) is 5.02 Å². The Morgan fingerprint density at radius 2 is 2.14 bits per heavy atom. The lowest BCUT2D eigenvalue weighted by Crippen LogP contribution is -2.12. The Balaban J connectivity index is 3.07. The highest BCUT2D eigenvalue weighted by atomic mass is 35.5. The quantitative estimate of drug-likeness (QED) is 0.720. The number of aliphatic hydroxyl groups excluding tert-OH is 1. The first-order valence-electron chi connectivity index (χ1n) is 4.41. The van der Waals surface area contributed by atoms with Crippen LogP contribution < -0.4 is 5.73 Å². The molecule has 4 N–H and O–H groups in total. The van der Waals surface area contributed by atoms with Crippen LogP contribution >= 0.6 is 11.6 Å². The molecule has 0 aromatic heterocycles. The van der Waals surface area contributed by atoms with Gasteiger partial charge in [0.2, 0.25) is 0 Å². The fourth-order valence-corrected chi connectivity index (χ4v) is 1.62. The second kappa shape index (κ2) is 4.64. The topological polar surface area (TPSA) is 66.5 Å². The summed E-state index contributed by atoms with van der Waals surface area (Å²) in [6.45, 7) is 1.75. The molecule has 0 aliphatic heterocycles. The molecule has 0 saturated heterocycles. The number of rotatable bonds is 3. The number of nitrogens with two attached hydrogens (primary N) is 1. The molecule has 0 bridgehead atoms. The van der Waals surface area contributed by atoms with Gasteiger partial charge < -0.3 is 15.9 Å². The third-order valence-electron chi connectivity index (χ3n) is 2.13. The molecule has 0 saturated carbocycles. The van der Waals surface area contributed by atoms with E-state index in [1.165, 1.54) is 0 Å². The maximum Gasteiger partial charge on any atom is 0.123 e. The first-order valence-corrected chi connectivity index (χ1v) is 4.79. The minimum atomic E-state index is -0.377. The molecule has 1 rings (SSSR count). The molecule has 0 heterocycles. The molecule has 14 heavy (non-hydrogen) atoms. The Hall–Kier alpha value is -0.770. The number of hydrogen-bond donors (Lipinski definition) is 3. The Kier molecular flexibility index (Phi) is 3.75. The lowest BCUT2D eigenvalue weighted by molar-refractivity contribution is 0.275. The van der Waals surface area contributed by atoms with Gasteiger partial charge in [0.25, 0.3) is 0 Å². The summed E-state index contributed by atoms with van der Waals surface area (Å²) in [6.07, 6.45) is 0.410. The van der Waals surface area contributed by atoms with Crippen molar-refractivity contribution in [2.24, 2.45) is 5.73 Å². The average molecular weight is 216 g/mol. The fourth-order valence-electron chi connectivity index (χ4n) is 1.34. The number of hydrogen-bond acceptors (Lipinski definition) is 3. The molecule has 0 amide bonds. The third-order valence-corrected chi connectivity index (χ3v) is 2.35. The number of phenolic OH excluding ortho intramolecular Hbond substituents is 1. The summed E-state index contributed by atoms with van der Waals surface area (Å²) >= 11 is 5.84. The Labute approximate surface area is 88.1 Å². The largest absolute Gasteiger partial charge is 0.507 e. The minimum absolute atomic E-state index is 0.00777. The van der Waals surface area contributed by atoms with Gasteiger partial charge in [-0.25, -0.2) is 0 Å². The van der Waals surface area contributed by atoms with Crippen LogP contribution in [0.15, 0.2) is 12.1 Å². The summed E-state index contributed by atoms with van der Waals surface area (Å²) in [4.78, 5) is 0. The van der Waals surface area contributed by atoms with Crippen LogP contribution in [-0.4, -0.2) is 16.8 Å². The van der Waals surface area contributed by atoms with Gasteiger partial charge in [-0.2, -0.15) is 0 Å². The SMILES string of the molecule is Cc1cc(Cl)cc([C@H](N)CCO)c1O. The van der Waals surface area contributed by atoms with E-state index in [-0.39, 0.29) is 18.4 Å². The molecule has 0 radical (unpaired) electrons. The maximum atomic E-state index is 9.70. The van der Waals surface area contributed by atoms with E-state index >= 15 is 0 Å². The van der Waals surface area contributed by atoms with Gasteiger partial charge in [0.1, 0.15) is 5.75 Å². The zero-order chi connectivity index (χ0) is 10.7. The van der Waals surface area contributed by atoms with E-state index in [1.807, 2.05) is 0 Å². The van der Waals surface area contributed by atoms with Gasteiger partial charge in [-0.3, -0.25) is 0 Å². The summed E-state index contributed by atoms with van der Waals surface area (Å²) < 4.78 is 0. The first kappa shape index (κ1) is 11.3. The van der Waals surface area contributed by atoms with Crippen LogP contribution in [0.25, 0.3) is 0 Å². The molecule has 1 atom stereocenters. The van der Waals surface area contributed by atoms with Gasteiger partial charge >= 0.3 is 0 Å². The lowest BCUT2D eigenvalue weighted by Gasteiger charge is -2.14. The first-order chi connectivity index (χ1) is 6.56. The second-order valence-corrected chi connectivity index (χ2v) is 3.72. The van der Waals surface area contributed by atoms with E-state index in [0.717, 1.165) is 0 Å². The molecule has 4 heteroatoms. The molecule has 0 fully saturated rings. The van der Waals surface area contributed by atoms with E-state index in [1.54, 1.807) is 19.1 Å². The Bertz CT molecular complexity index is 328. The highest BCUT2D eigenvalue weighted by Crippen LogP contribution is 2.31. The number of phenols is 1. The lowest BCUT2D eigenvalue weighted by atomic mass is 10.0. The van der Waals surface area contributed by atoms with Crippen LogP contribution in [0.4, 0.5) is 0 Å². The normalized spacial score (nSPS) is 12.9. The van der Waals surface area contributed by atoms with Crippen molar-refractivity contribution in [3.8, 4) is 5.75 Å². The predicted molar refractivity (Wildman–Crippen MR) is 56.5 cm³/mol. The number of halogens is 1. The smallest absolute Gasteiger partial charge is 0.123 e. The Morgan fingerprint density at radius 3 is 2.71 bits per heavy atom. The van der Waals surface area contributed by atoms with Crippen LogP contribution in [0.1, 0.15) is 23.6 Å². The summed E-state index contributed by atoms with van der Waals surface area (Å²) in [5.41, 5.74) is 7.05. The summed E-state index contributed by atoms with van der Waals surface area (Å²) in [7, 11) is 0. The van der Waals surface area contributed by atoms with Crippen molar-refractivity contribution in [3.05, 3.63) is 28.3 Å². The summed E-state index contributed by atoms with van der Waals surface area (Å²) in [5, 5.41) is 19.0. The van der Waals surface area contributed by atoms with Gasteiger partial charge in [0.15, 0.2) is 0 Å². The van der Waals surface area contributed by atoms with Gasteiger partial charge in [-0.15, -0.1) is 0 Å². The standard InChI is InChI=1S/C10H14ClNO2/c1-6-4-7(11)5-8(10(6)14)9(12)2-3-13/h4-5,9,13-14H,2-3,12H2,1H3/t9-/m1/s1. The monoisotopic (exact) mass is 215 g/mol. The van der Waals surface area contributed by atoms with Gasteiger partial charge in [0.05, 0.1) is 0 Å². The van der Waals surface area contributed by atoms with Crippen LogP contribution in [0, 0.1) is 6.92 Å². The average Bonchev–Trinajstić information content (AvgIpc) is 2.11. The zero-order valence-electron chi connectivity index (χ0n) is 8.00. The van der Waals surface area contributed by atoms with Gasteiger partial charge in [0, 0.05) is 23.2 Å². The van der Waals surface area contributed by atoms with E-state index in [0.29, 0.717) is 22.6 Å². The number of aliphatic hydroxyl groups is 1. The molecular formula is C10H14ClNO2. The molecule has 3 nitrogen and oxygen atoms in total. The van der Waals surface area contributed by atoms with Crippen molar-refractivity contribution >= 4 is 11.6 Å². The number of aryl methyl sites for hydroxylation is 1. The molecule has 1 aromatic rings. The molecule has 78 valence electrons. The molecule has 0 spiro atoms. The number of benzene rings is 1. The van der Waals surface area contributed by atoms with Crippen molar-refractivity contribution in [2.75, 3.05) is 6.61 Å². The molecule has 0 unspecified atom stereocenters. The van der Waals surface area contributed by atoms with Crippen LogP contribution in [0.3, 0.4) is 0 Å². The fraction of sp³-hybridized carbons (Fsp3) is 0.400. The maximum absolute atomic E-state index is 9.70. The number of aromatic hydroxyl groups is 1. The highest BCUT2D eigenvalue weighted by molar-refractivity contribution is 6.30. The summed E-state index contributed by atoms with van der Waals surface area (Å²) in [5.74, 6) is 0.162. The molecule has 1 aromatic carbocycles. The highest BCUT2D eigenvalue weighted by Gasteiger charge is 2.13. The van der Waals surface area contributed by atoms with Crippen molar-refractivity contribution in [3.63, 3.8) is 0 Å². The van der Waals surface area contributed by atoms with Crippen molar-refractivity contribution in [1.29, 1.82) is 0 Å². The van der Waals surface area contributed by atoms with E-state index in [4.69, 9.17) is 22.4 Å². The van der Waals surface area contributed by atoms with E-state index < -0.39 is 0 Å². The van der Waals surface area contributed by atoms with Gasteiger partial charge in [-0.05, 0) is 31.0 Å². The molecular weight excluding hydrogens is 202 g/mol. The van der Waals surface area contributed by atoms with Crippen molar-refractivity contribution in [1.82, 2.24) is 0 Å². The van der Waals surface area contributed by atoms with Crippen LogP contribution in [0.5, 0.6) is 5.75 Å². The molecule has 0 aliphatic carbocycles. The minimum Gasteiger partial charge on any atom is -0.507 e. The second-order valence-electron chi connectivity index (χ2n) is 3.28.